The molecule has 0 aromatic carbocycles. The average molecular weight is 292 g/mol. The number of nitrogen functional groups attached to an aromatic ring is 1. The molecule has 0 bridgehead atoms. The van der Waals surface area contributed by atoms with Crippen LogP contribution in [0, 0.1) is 13.8 Å². The summed E-state index contributed by atoms with van der Waals surface area (Å²) in [5.41, 5.74) is 9.43. The van der Waals surface area contributed by atoms with Crippen molar-refractivity contribution in [3.8, 4) is 0 Å². The number of anilines is 1. The number of nitrogens with two attached hydrogens (primary N) is 1. The van der Waals surface area contributed by atoms with Crippen LogP contribution in [0.3, 0.4) is 0 Å². The molecule has 0 radical (unpaired) electrons. The quantitative estimate of drug-likeness (QED) is 0.915. The van der Waals surface area contributed by atoms with Crippen molar-refractivity contribution < 1.29 is 0 Å². The Balaban J connectivity index is 2.61. The van der Waals surface area contributed by atoms with E-state index in [0.717, 1.165) is 30.4 Å². The fourth-order valence-electron chi connectivity index (χ4n) is 2.80. The maximum atomic E-state index is 6.03. The van der Waals surface area contributed by atoms with Gasteiger partial charge in [-0.05, 0) is 38.5 Å². The molecule has 2 rings (SSSR count). The van der Waals surface area contributed by atoms with Crippen molar-refractivity contribution in [1.82, 2.24) is 14.5 Å². The van der Waals surface area contributed by atoms with E-state index in [2.05, 4.69) is 48.5 Å². The summed E-state index contributed by atoms with van der Waals surface area (Å²) in [6, 6.07) is 0. The minimum Gasteiger partial charge on any atom is -0.383 e. The Bertz CT molecular complexity index is 606. The van der Waals surface area contributed by atoms with Crippen LogP contribution in [0.25, 0.3) is 11.0 Å². The molecule has 0 amide bonds. The van der Waals surface area contributed by atoms with Crippen molar-refractivity contribution in [3.63, 3.8) is 0 Å². The number of thioether (sulfide) groups is 1. The molecule has 0 unspecified atom stereocenters. The Morgan fingerprint density at radius 3 is 2.45 bits per heavy atom. The van der Waals surface area contributed by atoms with Gasteiger partial charge in [0.15, 0.2) is 0 Å². The first kappa shape index (κ1) is 15.2. The molecular formula is C15H24N4S. The second-order valence-corrected chi connectivity index (χ2v) is 6.62. The van der Waals surface area contributed by atoms with E-state index in [9.17, 15) is 0 Å². The molecule has 0 spiro atoms. The first-order valence-electron chi connectivity index (χ1n) is 7.10. The topological polar surface area (TPSA) is 56.7 Å². The predicted molar refractivity (Wildman–Crippen MR) is 88.2 cm³/mol. The van der Waals surface area contributed by atoms with Crippen molar-refractivity contribution in [1.29, 1.82) is 0 Å². The Morgan fingerprint density at radius 1 is 1.25 bits per heavy atom. The van der Waals surface area contributed by atoms with E-state index in [-0.39, 0.29) is 4.75 Å². The Morgan fingerprint density at radius 2 is 1.90 bits per heavy atom. The molecule has 0 fully saturated rings. The second kappa shape index (κ2) is 5.64. The van der Waals surface area contributed by atoms with Gasteiger partial charge in [-0.15, -0.1) is 0 Å². The van der Waals surface area contributed by atoms with Crippen LogP contribution in [-0.4, -0.2) is 25.5 Å². The number of aryl methyl sites for hydroxylation is 1. The summed E-state index contributed by atoms with van der Waals surface area (Å²) in [6.45, 7) is 9.74. The van der Waals surface area contributed by atoms with Crippen LogP contribution in [0.15, 0.2) is 6.33 Å². The van der Waals surface area contributed by atoms with Crippen LogP contribution in [0.5, 0.6) is 0 Å². The van der Waals surface area contributed by atoms with Gasteiger partial charge in [-0.2, -0.15) is 11.8 Å². The molecular weight excluding hydrogens is 268 g/mol. The first-order chi connectivity index (χ1) is 9.49. The van der Waals surface area contributed by atoms with Gasteiger partial charge >= 0.3 is 0 Å². The third kappa shape index (κ3) is 2.28. The summed E-state index contributed by atoms with van der Waals surface area (Å²) in [5.74, 6) is 0.581. The Kier molecular flexibility index (Phi) is 4.28. The van der Waals surface area contributed by atoms with Crippen molar-refractivity contribution >= 4 is 28.6 Å². The number of fused-ring (bicyclic) bond motifs is 1. The van der Waals surface area contributed by atoms with Gasteiger partial charge < -0.3 is 10.3 Å². The molecule has 0 saturated heterocycles. The van der Waals surface area contributed by atoms with Gasteiger partial charge in [-0.1, -0.05) is 13.8 Å². The highest BCUT2D eigenvalue weighted by molar-refractivity contribution is 8.00. The molecule has 5 heteroatoms. The molecule has 0 saturated carbocycles. The van der Waals surface area contributed by atoms with E-state index in [1.807, 2.05) is 11.8 Å². The van der Waals surface area contributed by atoms with E-state index in [0.29, 0.717) is 5.82 Å². The summed E-state index contributed by atoms with van der Waals surface area (Å²) in [4.78, 5) is 8.60. The zero-order valence-electron chi connectivity index (χ0n) is 13.0. The smallest absolute Gasteiger partial charge is 0.145 e. The molecule has 0 aliphatic rings. The van der Waals surface area contributed by atoms with Crippen molar-refractivity contribution in [2.24, 2.45) is 0 Å². The minimum atomic E-state index is 0.253. The first-order valence-corrected chi connectivity index (χ1v) is 8.33. The fraction of sp³-hybridized carbons (Fsp3) is 0.600. The minimum absolute atomic E-state index is 0.253. The van der Waals surface area contributed by atoms with E-state index >= 15 is 0 Å². The highest BCUT2D eigenvalue weighted by atomic mass is 32.2. The zero-order chi connectivity index (χ0) is 14.9. The second-order valence-electron chi connectivity index (χ2n) is 5.35. The molecule has 0 aliphatic heterocycles. The monoisotopic (exact) mass is 292 g/mol. The van der Waals surface area contributed by atoms with Crippen molar-refractivity contribution in [2.45, 2.75) is 51.8 Å². The van der Waals surface area contributed by atoms with E-state index in [1.165, 1.54) is 11.3 Å². The standard InChI is InChI=1S/C15H24N4S/c1-6-15(7-2,20-5)8-19-11(4)10(3)12-13(16)17-9-18-14(12)19/h9H,6-8H2,1-5H3,(H2,16,17,18). The van der Waals surface area contributed by atoms with Gasteiger partial charge in [0.2, 0.25) is 0 Å². The summed E-state index contributed by atoms with van der Waals surface area (Å²) < 4.78 is 2.56. The van der Waals surface area contributed by atoms with Gasteiger partial charge in [0.05, 0.1) is 5.39 Å². The lowest BCUT2D eigenvalue weighted by Crippen LogP contribution is -2.29. The highest BCUT2D eigenvalue weighted by Crippen LogP contribution is 2.35. The highest BCUT2D eigenvalue weighted by Gasteiger charge is 2.28. The van der Waals surface area contributed by atoms with Crippen LogP contribution in [0.2, 0.25) is 0 Å². The SMILES string of the molecule is CCC(CC)(Cn1c(C)c(C)c2c(N)ncnc21)SC. The Labute approximate surface area is 125 Å². The fourth-order valence-corrected chi connectivity index (χ4v) is 3.64. The lowest BCUT2D eigenvalue weighted by molar-refractivity contribution is 0.468. The number of hydrogen-bond donors (Lipinski definition) is 1. The molecule has 0 atom stereocenters. The number of hydrogen-bond acceptors (Lipinski definition) is 4. The van der Waals surface area contributed by atoms with Crippen molar-refractivity contribution in [2.75, 3.05) is 12.0 Å². The third-order valence-corrected chi connectivity index (χ3v) is 6.18. The van der Waals surface area contributed by atoms with E-state index in [4.69, 9.17) is 5.73 Å². The van der Waals surface area contributed by atoms with Crippen LogP contribution >= 0.6 is 11.8 Å². The van der Waals surface area contributed by atoms with E-state index < -0.39 is 0 Å². The number of rotatable bonds is 5. The van der Waals surface area contributed by atoms with Crippen LogP contribution in [0.1, 0.15) is 37.9 Å². The molecule has 2 N–H and O–H groups in total. The predicted octanol–water partition coefficient (Wildman–Crippen LogP) is 3.55. The number of nitrogens with zero attached hydrogens (tertiary/aromatic N) is 3. The normalized spacial score (nSPS) is 12.2. The molecule has 0 aliphatic carbocycles. The van der Waals surface area contributed by atoms with Gasteiger partial charge in [0.25, 0.3) is 0 Å². The summed E-state index contributed by atoms with van der Waals surface area (Å²) in [6.07, 6.45) is 6.04. The maximum Gasteiger partial charge on any atom is 0.145 e. The summed E-state index contributed by atoms with van der Waals surface area (Å²) >= 11 is 1.95. The maximum absolute atomic E-state index is 6.03. The van der Waals surface area contributed by atoms with Crippen LogP contribution in [0.4, 0.5) is 5.82 Å². The Hall–Kier alpha value is -1.23. The molecule has 110 valence electrons. The van der Waals surface area contributed by atoms with Gasteiger partial charge in [0, 0.05) is 17.0 Å². The lowest BCUT2D eigenvalue weighted by atomic mass is 10.0. The van der Waals surface area contributed by atoms with E-state index in [1.54, 1.807) is 6.33 Å². The third-order valence-electron chi connectivity index (χ3n) is 4.60. The lowest BCUT2D eigenvalue weighted by Gasteiger charge is -2.31. The molecule has 2 heterocycles. The largest absolute Gasteiger partial charge is 0.383 e. The molecule has 4 nitrogen and oxygen atoms in total. The van der Waals surface area contributed by atoms with Crippen LogP contribution < -0.4 is 5.73 Å². The van der Waals surface area contributed by atoms with Gasteiger partial charge in [-0.25, -0.2) is 9.97 Å². The summed E-state index contributed by atoms with van der Waals surface area (Å²) in [5, 5.41) is 1.01. The van der Waals surface area contributed by atoms with Gasteiger partial charge in [0.1, 0.15) is 17.8 Å². The van der Waals surface area contributed by atoms with Gasteiger partial charge in [-0.3, -0.25) is 0 Å². The number of aromatic nitrogens is 3. The molecule has 20 heavy (non-hydrogen) atoms. The van der Waals surface area contributed by atoms with Crippen LogP contribution in [-0.2, 0) is 6.54 Å². The zero-order valence-corrected chi connectivity index (χ0v) is 13.8. The van der Waals surface area contributed by atoms with Crippen molar-refractivity contribution in [3.05, 3.63) is 17.6 Å². The average Bonchev–Trinajstić information content (AvgIpc) is 2.70. The molecule has 2 aromatic heterocycles. The molecule has 2 aromatic rings. The summed E-state index contributed by atoms with van der Waals surface area (Å²) in [7, 11) is 0.